The normalized spacial score (nSPS) is 19.1. The number of nitrogens with one attached hydrogen (secondary N) is 1. The lowest BCUT2D eigenvalue weighted by Crippen LogP contribution is -2.45. The molecule has 0 saturated carbocycles. The predicted octanol–water partition coefficient (Wildman–Crippen LogP) is 4.72. The van der Waals surface area contributed by atoms with Gasteiger partial charge in [0, 0.05) is 35.2 Å². The van der Waals surface area contributed by atoms with Gasteiger partial charge in [0.15, 0.2) is 0 Å². The standard InChI is InChI=1S/C17H25ClN2OS/c1-3-13(4-2)19-17(21)20-10-9-16(22-12-11-20)14-7-5-6-8-15(14)18/h5-8,13,16H,3-4,9-12H2,1-2H3,(H,19,21). The second-order valence-electron chi connectivity index (χ2n) is 5.62. The van der Waals surface area contributed by atoms with Crippen molar-refractivity contribution in [2.75, 3.05) is 18.8 Å². The number of rotatable bonds is 4. The molecule has 0 bridgehead atoms. The van der Waals surface area contributed by atoms with Gasteiger partial charge in [0.1, 0.15) is 0 Å². The van der Waals surface area contributed by atoms with Crippen LogP contribution in [0.4, 0.5) is 4.79 Å². The van der Waals surface area contributed by atoms with E-state index in [1.807, 2.05) is 34.9 Å². The number of halogens is 1. The summed E-state index contributed by atoms with van der Waals surface area (Å²) in [6, 6.07) is 8.39. The van der Waals surface area contributed by atoms with E-state index in [9.17, 15) is 4.79 Å². The molecule has 1 N–H and O–H groups in total. The summed E-state index contributed by atoms with van der Waals surface area (Å²) in [5.41, 5.74) is 1.19. The van der Waals surface area contributed by atoms with Gasteiger partial charge in [-0.2, -0.15) is 11.8 Å². The zero-order chi connectivity index (χ0) is 15.9. The molecule has 0 aromatic heterocycles. The summed E-state index contributed by atoms with van der Waals surface area (Å²) >= 11 is 8.21. The van der Waals surface area contributed by atoms with Crippen LogP contribution in [-0.2, 0) is 0 Å². The lowest BCUT2D eigenvalue weighted by Gasteiger charge is -2.24. The second kappa shape index (κ2) is 8.68. The molecule has 1 saturated heterocycles. The summed E-state index contributed by atoms with van der Waals surface area (Å²) in [6.07, 6.45) is 2.91. The van der Waals surface area contributed by atoms with Crippen LogP contribution in [0.25, 0.3) is 0 Å². The number of benzene rings is 1. The summed E-state index contributed by atoms with van der Waals surface area (Å²) in [5, 5.41) is 4.33. The molecule has 2 amide bonds. The molecule has 0 aliphatic carbocycles. The molecule has 1 unspecified atom stereocenters. The fourth-order valence-electron chi connectivity index (χ4n) is 2.72. The van der Waals surface area contributed by atoms with Crippen LogP contribution in [0.1, 0.15) is 43.9 Å². The summed E-state index contributed by atoms with van der Waals surface area (Å²) in [7, 11) is 0. The van der Waals surface area contributed by atoms with Crippen molar-refractivity contribution in [1.82, 2.24) is 10.2 Å². The first-order valence-corrected chi connectivity index (χ1v) is 9.49. The lowest BCUT2D eigenvalue weighted by molar-refractivity contribution is 0.196. The molecular formula is C17H25ClN2OS. The number of carbonyl (C=O) groups is 1. The maximum Gasteiger partial charge on any atom is 0.317 e. The number of urea groups is 1. The molecule has 0 spiro atoms. The summed E-state index contributed by atoms with van der Waals surface area (Å²) in [6.45, 7) is 5.81. The highest BCUT2D eigenvalue weighted by molar-refractivity contribution is 7.99. The summed E-state index contributed by atoms with van der Waals surface area (Å²) < 4.78 is 0. The van der Waals surface area contributed by atoms with Gasteiger partial charge in [-0.15, -0.1) is 0 Å². The van der Waals surface area contributed by atoms with Crippen molar-refractivity contribution >= 4 is 29.4 Å². The van der Waals surface area contributed by atoms with E-state index < -0.39 is 0 Å². The van der Waals surface area contributed by atoms with E-state index in [2.05, 4.69) is 25.2 Å². The third kappa shape index (κ3) is 4.56. The zero-order valence-electron chi connectivity index (χ0n) is 13.3. The molecule has 5 heteroatoms. The quantitative estimate of drug-likeness (QED) is 0.860. The second-order valence-corrected chi connectivity index (χ2v) is 7.34. The average molecular weight is 341 g/mol. The molecular weight excluding hydrogens is 316 g/mol. The van der Waals surface area contributed by atoms with Gasteiger partial charge in [-0.25, -0.2) is 4.79 Å². The van der Waals surface area contributed by atoms with Gasteiger partial charge < -0.3 is 10.2 Å². The minimum absolute atomic E-state index is 0.0779. The lowest BCUT2D eigenvalue weighted by atomic mass is 10.1. The monoisotopic (exact) mass is 340 g/mol. The molecule has 0 radical (unpaired) electrons. The number of hydrogen-bond acceptors (Lipinski definition) is 2. The Morgan fingerprint density at radius 3 is 2.77 bits per heavy atom. The Hall–Kier alpha value is -0.870. The molecule has 122 valence electrons. The van der Waals surface area contributed by atoms with E-state index in [1.54, 1.807) is 0 Å². The first-order valence-electron chi connectivity index (χ1n) is 8.07. The van der Waals surface area contributed by atoms with Crippen LogP contribution in [0.15, 0.2) is 24.3 Å². The third-order valence-electron chi connectivity index (χ3n) is 4.19. The average Bonchev–Trinajstić information content (AvgIpc) is 2.79. The third-order valence-corrected chi connectivity index (χ3v) is 5.85. The maximum absolute atomic E-state index is 12.4. The fourth-order valence-corrected chi connectivity index (χ4v) is 4.32. The van der Waals surface area contributed by atoms with E-state index in [0.29, 0.717) is 5.25 Å². The van der Waals surface area contributed by atoms with Gasteiger partial charge in [0.25, 0.3) is 0 Å². The molecule has 1 aromatic carbocycles. The number of hydrogen-bond donors (Lipinski definition) is 1. The van der Waals surface area contributed by atoms with Gasteiger partial charge in [0.2, 0.25) is 0 Å². The largest absolute Gasteiger partial charge is 0.335 e. The van der Waals surface area contributed by atoms with E-state index in [0.717, 1.165) is 43.1 Å². The Kier molecular flexibility index (Phi) is 6.90. The number of thioether (sulfide) groups is 1. The Morgan fingerprint density at radius 1 is 1.36 bits per heavy atom. The van der Waals surface area contributed by atoms with E-state index in [4.69, 9.17) is 11.6 Å². The van der Waals surface area contributed by atoms with Crippen molar-refractivity contribution in [3.05, 3.63) is 34.9 Å². The van der Waals surface area contributed by atoms with E-state index in [1.165, 1.54) is 5.56 Å². The van der Waals surface area contributed by atoms with Crippen LogP contribution in [-0.4, -0.2) is 35.8 Å². The first-order chi connectivity index (χ1) is 10.7. The van der Waals surface area contributed by atoms with E-state index in [-0.39, 0.29) is 12.1 Å². The first kappa shape index (κ1) is 17.5. The highest BCUT2D eigenvalue weighted by Gasteiger charge is 2.23. The topological polar surface area (TPSA) is 32.3 Å². The SMILES string of the molecule is CCC(CC)NC(=O)N1CCSC(c2ccccc2Cl)CC1. The van der Waals surface area contributed by atoms with Gasteiger partial charge >= 0.3 is 6.03 Å². The Morgan fingerprint density at radius 2 is 2.09 bits per heavy atom. The minimum atomic E-state index is 0.0779. The van der Waals surface area contributed by atoms with Gasteiger partial charge in [-0.05, 0) is 30.9 Å². The highest BCUT2D eigenvalue weighted by atomic mass is 35.5. The molecule has 1 aromatic rings. The van der Waals surface area contributed by atoms with Gasteiger partial charge in [-0.1, -0.05) is 43.6 Å². The Balaban J connectivity index is 1.95. The van der Waals surface area contributed by atoms with Crippen LogP contribution >= 0.6 is 23.4 Å². The molecule has 1 heterocycles. The van der Waals surface area contributed by atoms with Crippen molar-refractivity contribution < 1.29 is 4.79 Å². The molecule has 1 aliphatic heterocycles. The van der Waals surface area contributed by atoms with Crippen molar-refractivity contribution in [3.63, 3.8) is 0 Å². The van der Waals surface area contributed by atoms with Gasteiger partial charge in [-0.3, -0.25) is 0 Å². The van der Waals surface area contributed by atoms with Crippen molar-refractivity contribution in [3.8, 4) is 0 Å². The zero-order valence-corrected chi connectivity index (χ0v) is 14.9. The van der Waals surface area contributed by atoms with Crippen molar-refractivity contribution in [1.29, 1.82) is 0 Å². The summed E-state index contributed by atoms with van der Waals surface area (Å²) in [4.78, 5) is 14.3. The van der Waals surface area contributed by atoms with Crippen molar-refractivity contribution in [2.24, 2.45) is 0 Å². The minimum Gasteiger partial charge on any atom is -0.335 e. The molecule has 3 nitrogen and oxygen atoms in total. The fraction of sp³-hybridized carbons (Fsp3) is 0.588. The molecule has 1 fully saturated rings. The van der Waals surface area contributed by atoms with Gasteiger partial charge in [0.05, 0.1) is 0 Å². The number of amides is 2. The van der Waals surface area contributed by atoms with Crippen LogP contribution in [0.5, 0.6) is 0 Å². The predicted molar refractivity (Wildman–Crippen MR) is 95.7 cm³/mol. The molecule has 1 atom stereocenters. The molecule has 2 rings (SSSR count). The Bertz CT molecular complexity index is 493. The smallest absolute Gasteiger partial charge is 0.317 e. The van der Waals surface area contributed by atoms with Crippen LogP contribution in [0.3, 0.4) is 0 Å². The molecule has 22 heavy (non-hydrogen) atoms. The molecule has 1 aliphatic rings. The van der Waals surface area contributed by atoms with Crippen LogP contribution in [0.2, 0.25) is 5.02 Å². The number of nitrogens with zero attached hydrogens (tertiary/aromatic N) is 1. The van der Waals surface area contributed by atoms with Crippen LogP contribution in [0, 0.1) is 0 Å². The Labute approximate surface area is 142 Å². The van der Waals surface area contributed by atoms with Crippen LogP contribution < -0.4 is 5.32 Å². The maximum atomic E-state index is 12.4. The van der Waals surface area contributed by atoms with Crippen molar-refractivity contribution in [2.45, 2.75) is 44.4 Å². The summed E-state index contributed by atoms with van der Waals surface area (Å²) in [5.74, 6) is 0.951. The highest BCUT2D eigenvalue weighted by Crippen LogP contribution is 2.37. The number of carbonyl (C=O) groups excluding carboxylic acids is 1. The van der Waals surface area contributed by atoms with E-state index >= 15 is 0 Å².